The first kappa shape index (κ1) is 15.7. The van der Waals surface area contributed by atoms with Crippen LogP contribution in [-0.4, -0.2) is 32.3 Å². The first-order chi connectivity index (χ1) is 9.79. The molecule has 0 bridgehead atoms. The van der Waals surface area contributed by atoms with Crippen LogP contribution in [0.5, 0.6) is 0 Å². The van der Waals surface area contributed by atoms with Crippen molar-refractivity contribution >= 4 is 21.8 Å². The highest BCUT2D eigenvalue weighted by molar-refractivity contribution is 7.89. The van der Waals surface area contributed by atoms with Gasteiger partial charge in [0, 0.05) is 6.04 Å². The second kappa shape index (κ2) is 5.95. The molecule has 2 rings (SSSR count). The lowest BCUT2D eigenvalue weighted by atomic mass is 10.2. The van der Waals surface area contributed by atoms with Crippen LogP contribution in [0.15, 0.2) is 29.2 Å². The number of ketones is 1. The van der Waals surface area contributed by atoms with Crippen molar-refractivity contribution in [1.82, 2.24) is 4.72 Å². The zero-order valence-corrected chi connectivity index (χ0v) is 12.6. The van der Waals surface area contributed by atoms with Gasteiger partial charge in [0.15, 0.2) is 11.9 Å². The van der Waals surface area contributed by atoms with Crippen molar-refractivity contribution in [3.63, 3.8) is 0 Å². The Morgan fingerprint density at radius 3 is 2.57 bits per heavy atom. The van der Waals surface area contributed by atoms with E-state index in [0.29, 0.717) is 0 Å². The molecule has 21 heavy (non-hydrogen) atoms. The van der Waals surface area contributed by atoms with E-state index >= 15 is 0 Å². The standard InChI is InChI=1S/C14H17NO5S/c1-9(16)10(2)20-14(17)11-4-3-5-13(8-11)21(18,19)15-12-6-7-12/h3-5,8,10,12,15H,6-7H2,1-2H3. The Labute approximate surface area is 123 Å². The fraction of sp³-hybridized carbons (Fsp3) is 0.429. The Hall–Kier alpha value is -1.73. The normalized spacial score (nSPS) is 16.3. The minimum atomic E-state index is -3.62. The fourth-order valence-electron chi connectivity index (χ4n) is 1.59. The summed E-state index contributed by atoms with van der Waals surface area (Å²) in [7, 11) is -3.62. The van der Waals surface area contributed by atoms with Gasteiger partial charge in [-0.2, -0.15) is 0 Å². The van der Waals surface area contributed by atoms with Crippen LogP contribution in [-0.2, 0) is 19.6 Å². The minimum Gasteiger partial charge on any atom is -0.451 e. The molecule has 0 amide bonds. The molecule has 0 radical (unpaired) electrons. The first-order valence-corrected chi connectivity index (χ1v) is 8.12. The van der Waals surface area contributed by atoms with Crippen molar-refractivity contribution in [2.24, 2.45) is 0 Å². The van der Waals surface area contributed by atoms with Gasteiger partial charge in [-0.3, -0.25) is 4.79 Å². The Balaban J connectivity index is 2.17. The van der Waals surface area contributed by atoms with E-state index in [0.717, 1.165) is 12.8 Å². The second-order valence-electron chi connectivity index (χ2n) is 5.08. The first-order valence-electron chi connectivity index (χ1n) is 6.63. The molecule has 0 aromatic heterocycles. The zero-order valence-electron chi connectivity index (χ0n) is 11.8. The van der Waals surface area contributed by atoms with Crippen LogP contribution in [0.2, 0.25) is 0 Å². The van der Waals surface area contributed by atoms with Gasteiger partial charge in [0.05, 0.1) is 10.5 Å². The van der Waals surface area contributed by atoms with Crippen LogP contribution in [0, 0.1) is 0 Å². The van der Waals surface area contributed by atoms with E-state index in [1.165, 1.54) is 38.1 Å². The molecule has 0 saturated heterocycles. The minimum absolute atomic E-state index is 0.0108. The number of Topliss-reactive ketones (excluding diaryl/α,β-unsaturated/α-hetero) is 1. The number of carbonyl (C=O) groups is 2. The van der Waals surface area contributed by atoms with Crippen molar-refractivity contribution in [1.29, 1.82) is 0 Å². The highest BCUT2D eigenvalue weighted by Gasteiger charge is 2.28. The van der Waals surface area contributed by atoms with E-state index < -0.39 is 22.1 Å². The maximum absolute atomic E-state index is 12.1. The summed E-state index contributed by atoms with van der Waals surface area (Å²) in [6, 6.07) is 5.57. The third-order valence-corrected chi connectivity index (χ3v) is 4.65. The van der Waals surface area contributed by atoms with Crippen molar-refractivity contribution < 1.29 is 22.7 Å². The molecule has 1 saturated carbocycles. The average molecular weight is 311 g/mol. The molecule has 114 valence electrons. The predicted molar refractivity (Wildman–Crippen MR) is 75.3 cm³/mol. The largest absolute Gasteiger partial charge is 0.451 e. The van der Waals surface area contributed by atoms with Crippen LogP contribution in [0.4, 0.5) is 0 Å². The lowest BCUT2D eigenvalue weighted by Crippen LogP contribution is -2.26. The summed E-state index contributed by atoms with van der Waals surface area (Å²) < 4.78 is 31.6. The van der Waals surface area contributed by atoms with Crippen molar-refractivity contribution in [3.05, 3.63) is 29.8 Å². The summed E-state index contributed by atoms with van der Waals surface area (Å²) >= 11 is 0. The third-order valence-electron chi connectivity index (χ3n) is 3.14. The summed E-state index contributed by atoms with van der Waals surface area (Å²) in [5, 5.41) is 0. The number of sulfonamides is 1. The van der Waals surface area contributed by atoms with Crippen molar-refractivity contribution in [3.8, 4) is 0 Å². The molecular formula is C14H17NO5S. The summed E-state index contributed by atoms with van der Waals surface area (Å²) in [5.74, 6) is -0.997. The molecule has 1 aromatic rings. The van der Waals surface area contributed by atoms with Crippen molar-refractivity contribution in [2.45, 2.75) is 43.7 Å². The van der Waals surface area contributed by atoms with Crippen LogP contribution in [0.1, 0.15) is 37.0 Å². The van der Waals surface area contributed by atoms with Gasteiger partial charge in [0.1, 0.15) is 0 Å². The monoisotopic (exact) mass is 311 g/mol. The number of hydrogen-bond donors (Lipinski definition) is 1. The number of esters is 1. The topological polar surface area (TPSA) is 89.5 Å². The highest BCUT2D eigenvalue weighted by atomic mass is 32.2. The molecule has 1 unspecified atom stereocenters. The van der Waals surface area contributed by atoms with Gasteiger partial charge < -0.3 is 4.74 Å². The summed E-state index contributed by atoms with van der Waals surface area (Å²) in [5.41, 5.74) is 0.0989. The van der Waals surface area contributed by atoms with Gasteiger partial charge in [-0.15, -0.1) is 0 Å². The van der Waals surface area contributed by atoms with Gasteiger partial charge in [-0.25, -0.2) is 17.9 Å². The Morgan fingerprint density at radius 2 is 2.00 bits per heavy atom. The van der Waals surface area contributed by atoms with Gasteiger partial charge in [-0.1, -0.05) is 6.07 Å². The molecular weight excluding hydrogens is 294 g/mol. The van der Waals surface area contributed by atoms with Gasteiger partial charge in [0.2, 0.25) is 10.0 Å². The molecule has 1 fully saturated rings. The van der Waals surface area contributed by atoms with Crippen molar-refractivity contribution in [2.75, 3.05) is 0 Å². The average Bonchev–Trinajstić information content (AvgIpc) is 3.22. The second-order valence-corrected chi connectivity index (χ2v) is 6.80. The van der Waals surface area contributed by atoms with E-state index in [2.05, 4.69) is 4.72 Å². The van der Waals surface area contributed by atoms with E-state index in [4.69, 9.17) is 4.74 Å². The molecule has 1 atom stereocenters. The molecule has 0 aliphatic heterocycles. The maximum Gasteiger partial charge on any atom is 0.338 e. The number of benzene rings is 1. The summed E-state index contributed by atoms with van der Waals surface area (Å²) in [6.45, 7) is 2.79. The quantitative estimate of drug-likeness (QED) is 0.799. The number of ether oxygens (including phenoxy) is 1. The third kappa shape index (κ3) is 4.12. The van der Waals surface area contributed by atoms with E-state index in [1.54, 1.807) is 0 Å². The molecule has 1 aromatic carbocycles. The van der Waals surface area contributed by atoms with Gasteiger partial charge in [0.25, 0.3) is 0 Å². The van der Waals surface area contributed by atoms with E-state index in [9.17, 15) is 18.0 Å². The summed E-state index contributed by atoms with van der Waals surface area (Å²) in [4.78, 5) is 23.0. The lowest BCUT2D eigenvalue weighted by Gasteiger charge is -2.11. The van der Waals surface area contributed by atoms with Crippen LogP contribution >= 0.6 is 0 Å². The molecule has 1 N–H and O–H groups in total. The number of rotatable bonds is 6. The summed E-state index contributed by atoms with van der Waals surface area (Å²) in [6.07, 6.45) is 0.802. The predicted octanol–water partition coefficient (Wildman–Crippen LogP) is 1.26. The van der Waals surface area contributed by atoms with Crippen LogP contribution in [0.3, 0.4) is 0 Å². The molecule has 6 nitrogen and oxygen atoms in total. The van der Waals surface area contributed by atoms with E-state index in [-0.39, 0.29) is 22.3 Å². The Morgan fingerprint density at radius 1 is 1.33 bits per heavy atom. The highest BCUT2D eigenvalue weighted by Crippen LogP contribution is 2.22. The number of hydrogen-bond acceptors (Lipinski definition) is 5. The zero-order chi connectivity index (χ0) is 15.6. The lowest BCUT2D eigenvalue weighted by molar-refractivity contribution is -0.124. The number of carbonyl (C=O) groups excluding carboxylic acids is 2. The Bertz CT molecular complexity index is 664. The molecule has 0 heterocycles. The molecule has 1 aliphatic rings. The Kier molecular flexibility index (Phi) is 4.43. The van der Waals surface area contributed by atoms with Crippen LogP contribution < -0.4 is 4.72 Å². The molecule has 7 heteroatoms. The smallest absolute Gasteiger partial charge is 0.338 e. The fourth-order valence-corrected chi connectivity index (χ4v) is 2.94. The molecule has 0 spiro atoms. The van der Waals surface area contributed by atoms with Gasteiger partial charge in [-0.05, 0) is 44.9 Å². The van der Waals surface area contributed by atoms with E-state index in [1.807, 2.05) is 0 Å². The van der Waals surface area contributed by atoms with Gasteiger partial charge >= 0.3 is 5.97 Å². The maximum atomic E-state index is 12.1. The SMILES string of the molecule is CC(=O)C(C)OC(=O)c1cccc(S(=O)(=O)NC2CC2)c1. The number of nitrogens with one attached hydrogen (secondary N) is 1. The van der Waals surface area contributed by atoms with Crippen LogP contribution in [0.25, 0.3) is 0 Å². The molecule has 1 aliphatic carbocycles.